The van der Waals surface area contributed by atoms with E-state index in [-0.39, 0.29) is 47.2 Å². The Morgan fingerprint density at radius 1 is 1.18 bits per heavy atom. The van der Waals surface area contributed by atoms with Crippen LogP contribution in [0.25, 0.3) is 0 Å². The second-order valence-electron chi connectivity index (χ2n) is 8.42. The highest BCUT2D eigenvalue weighted by Crippen LogP contribution is 2.29. The smallest absolute Gasteiger partial charge is 0.496 e. The zero-order valence-corrected chi connectivity index (χ0v) is 20.0. The Kier molecular flexibility index (Phi) is 8.81. The number of hydrogen-bond acceptors (Lipinski definition) is 8. The Bertz CT molecular complexity index is 907. The molecule has 1 aromatic carbocycles. The summed E-state index contributed by atoms with van der Waals surface area (Å²) in [6, 6.07) is 2.73. The third kappa shape index (κ3) is 6.43. The maximum absolute atomic E-state index is 12.9. The summed E-state index contributed by atoms with van der Waals surface area (Å²) in [7, 11) is 3.03. The molecule has 2 atom stereocenters. The number of nitrogens with zero attached hydrogens (tertiary/aromatic N) is 2. The number of hydrogen-bond donors (Lipinski definition) is 3. The number of likely N-dealkylation sites (tertiary alicyclic amines) is 2. The minimum absolute atomic E-state index is 0.0210. The molecule has 2 fully saturated rings. The molecule has 0 spiro atoms. The zero-order chi connectivity index (χ0) is 24.8. The van der Waals surface area contributed by atoms with E-state index in [1.165, 1.54) is 19.2 Å². The fraction of sp³-hybridized carbons (Fsp3) is 0.591. The predicted molar refractivity (Wildman–Crippen MR) is 124 cm³/mol. The number of methoxy groups -OCH3 is 2. The van der Waals surface area contributed by atoms with Gasteiger partial charge in [-0.25, -0.2) is 4.79 Å². The molecule has 11 nitrogen and oxygen atoms in total. The zero-order valence-electron chi connectivity index (χ0n) is 19.3. The van der Waals surface area contributed by atoms with Crippen LogP contribution in [-0.4, -0.2) is 98.1 Å². The van der Waals surface area contributed by atoms with Crippen molar-refractivity contribution >= 4 is 35.3 Å². The van der Waals surface area contributed by atoms with Crippen molar-refractivity contribution in [3.8, 4) is 5.75 Å². The van der Waals surface area contributed by atoms with Crippen LogP contribution < -0.4 is 15.8 Å². The van der Waals surface area contributed by atoms with Gasteiger partial charge >= 0.3 is 6.16 Å². The Morgan fingerprint density at radius 2 is 1.88 bits per heavy atom. The maximum atomic E-state index is 12.9. The van der Waals surface area contributed by atoms with Crippen molar-refractivity contribution in [2.75, 3.05) is 52.7 Å². The van der Waals surface area contributed by atoms with E-state index in [9.17, 15) is 14.4 Å². The van der Waals surface area contributed by atoms with Crippen molar-refractivity contribution in [3.05, 3.63) is 22.7 Å². The number of benzene rings is 1. The Balaban J connectivity index is 1.53. The summed E-state index contributed by atoms with van der Waals surface area (Å²) in [6.07, 6.45) is -0.388. The molecule has 1 aromatic rings. The van der Waals surface area contributed by atoms with Gasteiger partial charge in [-0.15, -0.1) is 0 Å². The molecule has 3 rings (SSSR count). The molecule has 0 radical (unpaired) electrons. The second kappa shape index (κ2) is 11.6. The first-order valence-electron chi connectivity index (χ1n) is 11.1. The van der Waals surface area contributed by atoms with Crippen LogP contribution in [0.5, 0.6) is 5.75 Å². The summed E-state index contributed by atoms with van der Waals surface area (Å²) in [5, 5.41) is 12.0. The summed E-state index contributed by atoms with van der Waals surface area (Å²) in [5.74, 6) is -0.0388. The fourth-order valence-electron chi connectivity index (χ4n) is 4.35. The van der Waals surface area contributed by atoms with Gasteiger partial charge in [-0.3, -0.25) is 14.5 Å². The third-order valence-electron chi connectivity index (χ3n) is 6.25. The molecule has 2 aliphatic rings. The maximum Gasteiger partial charge on any atom is 0.506 e. The molecule has 4 N–H and O–H groups in total. The van der Waals surface area contributed by atoms with Crippen LogP contribution >= 0.6 is 11.6 Å². The lowest BCUT2D eigenvalue weighted by Crippen LogP contribution is -2.56. The summed E-state index contributed by atoms with van der Waals surface area (Å²) in [5.41, 5.74) is 6.40. The molecule has 188 valence electrons. The number of nitrogen functional groups attached to an aromatic ring is 1. The van der Waals surface area contributed by atoms with Gasteiger partial charge in [0.25, 0.3) is 5.91 Å². The van der Waals surface area contributed by atoms with Gasteiger partial charge in [0.05, 0.1) is 42.1 Å². The Morgan fingerprint density at radius 3 is 2.50 bits per heavy atom. The molecule has 0 bridgehead atoms. The fourth-order valence-corrected chi connectivity index (χ4v) is 4.51. The number of nitrogens with one attached hydrogen (secondary N) is 1. The molecule has 34 heavy (non-hydrogen) atoms. The molecule has 12 heteroatoms. The van der Waals surface area contributed by atoms with Gasteiger partial charge in [0.1, 0.15) is 11.9 Å². The monoisotopic (exact) mass is 498 g/mol. The average molecular weight is 499 g/mol. The highest BCUT2D eigenvalue weighted by Gasteiger charge is 2.33. The van der Waals surface area contributed by atoms with Crippen molar-refractivity contribution < 1.29 is 33.7 Å². The van der Waals surface area contributed by atoms with Gasteiger partial charge in [-0.1, -0.05) is 11.6 Å². The van der Waals surface area contributed by atoms with Gasteiger partial charge in [-0.2, -0.15) is 0 Å². The first-order chi connectivity index (χ1) is 16.2. The summed E-state index contributed by atoms with van der Waals surface area (Å²) in [6.45, 7) is 2.23. The molecule has 0 aromatic heterocycles. The van der Waals surface area contributed by atoms with E-state index in [0.717, 1.165) is 0 Å². The third-order valence-corrected chi connectivity index (χ3v) is 6.57. The highest BCUT2D eigenvalue weighted by atomic mass is 35.5. The first-order valence-corrected chi connectivity index (χ1v) is 11.5. The lowest BCUT2D eigenvalue weighted by molar-refractivity contribution is -0.135. The SMILES string of the molecule is COc1cc(N)c(Cl)cc1C(=O)N[C@@H]1CCN(CC(=O)N2CCC(OC(=O)O)CC2)C[C@@H]1OC. The number of anilines is 1. The van der Waals surface area contributed by atoms with Crippen LogP contribution in [0, 0.1) is 0 Å². The molecular formula is C22H31ClN4O7. The number of ether oxygens (including phenoxy) is 3. The summed E-state index contributed by atoms with van der Waals surface area (Å²) >= 11 is 6.09. The number of carbonyl (C=O) groups is 3. The molecule has 2 heterocycles. The molecule has 2 aliphatic heterocycles. The molecule has 2 saturated heterocycles. The first kappa shape index (κ1) is 25.9. The number of halogens is 1. The Labute approximate surface area is 203 Å². The number of carbonyl (C=O) groups excluding carboxylic acids is 2. The van der Waals surface area contributed by atoms with Crippen molar-refractivity contribution in [2.24, 2.45) is 0 Å². The lowest BCUT2D eigenvalue weighted by atomic mass is 10.0. The van der Waals surface area contributed by atoms with Gasteiger partial charge in [0, 0.05) is 52.2 Å². The van der Waals surface area contributed by atoms with Crippen LogP contribution in [0.15, 0.2) is 12.1 Å². The highest BCUT2D eigenvalue weighted by molar-refractivity contribution is 6.33. The number of carboxylic acid groups (broad SMARTS) is 1. The van der Waals surface area contributed by atoms with Crippen molar-refractivity contribution in [1.82, 2.24) is 15.1 Å². The standard InChI is InChI=1S/C22H31ClN4O7/c1-32-18-10-16(24)15(23)9-14(18)21(29)25-17-5-6-26(11-19(17)33-2)12-20(28)27-7-3-13(4-8-27)34-22(30)31/h9-10,13,17,19H,3-8,11-12,24H2,1-2H3,(H,25,29)(H,30,31)/t17-,19+/m1/s1. The van der Waals surface area contributed by atoms with E-state index in [1.807, 2.05) is 4.90 Å². The van der Waals surface area contributed by atoms with Crippen LogP contribution in [0.3, 0.4) is 0 Å². The summed E-state index contributed by atoms with van der Waals surface area (Å²) in [4.78, 5) is 40.1. The normalized spacial score (nSPS) is 21.7. The minimum Gasteiger partial charge on any atom is -0.496 e. The molecule has 0 aliphatic carbocycles. The van der Waals surface area contributed by atoms with Gasteiger partial charge in [0.2, 0.25) is 5.91 Å². The van der Waals surface area contributed by atoms with E-state index in [1.54, 1.807) is 12.0 Å². The number of piperidine rings is 2. The van der Waals surface area contributed by atoms with E-state index in [0.29, 0.717) is 56.9 Å². The van der Waals surface area contributed by atoms with Crippen molar-refractivity contribution in [2.45, 2.75) is 37.5 Å². The molecular weight excluding hydrogens is 468 g/mol. The Hall–Kier alpha value is -2.76. The van der Waals surface area contributed by atoms with Crippen LogP contribution in [0.2, 0.25) is 5.02 Å². The average Bonchev–Trinajstić information content (AvgIpc) is 2.81. The topological polar surface area (TPSA) is 144 Å². The van der Waals surface area contributed by atoms with Crippen molar-refractivity contribution in [1.29, 1.82) is 0 Å². The van der Waals surface area contributed by atoms with Crippen LogP contribution in [0.4, 0.5) is 10.5 Å². The largest absolute Gasteiger partial charge is 0.506 e. The molecule has 2 amide bonds. The predicted octanol–water partition coefficient (Wildman–Crippen LogP) is 1.44. The second-order valence-corrected chi connectivity index (χ2v) is 8.82. The lowest BCUT2D eigenvalue weighted by Gasteiger charge is -2.39. The quantitative estimate of drug-likeness (QED) is 0.375. The van der Waals surface area contributed by atoms with Gasteiger partial charge in [-0.05, 0) is 12.5 Å². The van der Waals surface area contributed by atoms with E-state index in [4.69, 9.17) is 36.7 Å². The van der Waals surface area contributed by atoms with E-state index >= 15 is 0 Å². The molecule has 0 unspecified atom stereocenters. The van der Waals surface area contributed by atoms with Gasteiger partial charge in [0.15, 0.2) is 0 Å². The van der Waals surface area contributed by atoms with E-state index < -0.39 is 6.16 Å². The minimum atomic E-state index is -1.29. The van der Waals surface area contributed by atoms with E-state index in [2.05, 4.69) is 5.32 Å². The van der Waals surface area contributed by atoms with Crippen LogP contribution in [0.1, 0.15) is 29.6 Å². The molecule has 0 saturated carbocycles. The number of amides is 2. The van der Waals surface area contributed by atoms with Crippen molar-refractivity contribution in [3.63, 3.8) is 0 Å². The number of nitrogens with two attached hydrogens (primary N) is 1. The van der Waals surface area contributed by atoms with Gasteiger partial charge < -0.3 is 35.3 Å². The number of rotatable bonds is 7. The summed E-state index contributed by atoms with van der Waals surface area (Å²) < 4.78 is 15.7. The van der Waals surface area contributed by atoms with Crippen LogP contribution in [-0.2, 0) is 14.3 Å².